The van der Waals surface area contributed by atoms with Gasteiger partial charge in [-0.05, 0) is 89.0 Å². The summed E-state index contributed by atoms with van der Waals surface area (Å²) >= 11 is 1.87. The van der Waals surface area contributed by atoms with Crippen molar-refractivity contribution in [1.82, 2.24) is 9.13 Å². The Morgan fingerprint density at radius 2 is 0.902 bits per heavy atom. The smallest absolute Gasteiger partial charge is 0.0547 e. The van der Waals surface area contributed by atoms with Gasteiger partial charge in [0.1, 0.15) is 0 Å². The Labute approximate surface area is 298 Å². The summed E-state index contributed by atoms with van der Waals surface area (Å²) in [7, 11) is 0. The minimum atomic E-state index is 1.16. The Kier molecular flexibility index (Phi) is 6.16. The second kappa shape index (κ2) is 11.0. The van der Waals surface area contributed by atoms with Gasteiger partial charge in [-0.15, -0.1) is 11.3 Å². The Balaban J connectivity index is 1.11. The summed E-state index contributed by atoms with van der Waals surface area (Å²) in [5.41, 5.74) is 12.1. The van der Waals surface area contributed by atoms with E-state index in [9.17, 15) is 0 Å². The maximum atomic E-state index is 2.45. The molecule has 11 rings (SSSR count). The van der Waals surface area contributed by atoms with Crippen LogP contribution in [0.1, 0.15) is 0 Å². The molecule has 0 aliphatic rings. The van der Waals surface area contributed by atoms with Crippen molar-refractivity contribution in [1.29, 1.82) is 0 Å². The minimum absolute atomic E-state index is 1.16. The molecular formula is C48H30N2S. The molecule has 0 radical (unpaired) electrons. The van der Waals surface area contributed by atoms with E-state index in [-0.39, 0.29) is 0 Å². The standard InChI is InChI=1S/C48H30N2S/c1-2-13-34(14-3-1)49-43-21-8-5-17-38(43)41-29-31(25-27-44(41)49)32-24-26-39-37-16-4-7-20-42(37)50(45(39)30-32)35-15-10-12-33(28-35)36-19-11-23-47-48(36)40-18-6-9-22-46(40)51-47/h1-30H. The van der Waals surface area contributed by atoms with Gasteiger partial charge < -0.3 is 9.13 Å². The second-order valence-corrected chi connectivity index (χ2v) is 14.4. The van der Waals surface area contributed by atoms with Gasteiger partial charge in [0.15, 0.2) is 0 Å². The molecule has 0 aliphatic carbocycles. The molecule has 0 spiro atoms. The van der Waals surface area contributed by atoms with Crippen LogP contribution in [-0.2, 0) is 0 Å². The molecule has 51 heavy (non-hydrogen) atoms. The van der Waals surface area contributed by atoms with Crippen molar-refractivity contribution in [2.24, 2.45) is 0 Å². The third kappa shape index (κ3) is 4.29. The molecule has 2 nitrogen and oxygen atoms in total. The number of benzene rings is 8. The molecule has 0 fully saturated rings. The molecule has 0 bridgehead atoms. The lowest BCUT2D eigenvalue weighted by Gasteiger charge is -2.12. The zero-order valence-corrected chi connectivity index (χ0v) is 28.4. The number of fused-ring (bicyclic) bond motifs is 9. The first-order chi connectivity index (χ1) is 25.3. The molecule has 0 N–H and O–H groups in total. The minimum Gasteiger partial charge on any atom is -0.309 e. The topological polar surface area (TPSA) is 9.86 Å². The Bertz CT molecular complexity index is 3140. The Hall–Kier alpha value is -6.42. The molecule has 0 amide bonds. The molecule has 0 atom stereocenters. The number of para-hydroxylation sites is 3. The van der Waals surface area contributed by atoms with Gasteiger partial charge in [0.2, 0.25) is 0 Å². The zero-order chi connectivity index (χ0) is 33.5. The first-order valence-electron chi connectivity index (χ1n) is 17.4. The van der Waals surface area contributed by atoms with Gasteiger partial charge in [-0.3, -0.25) is 0 Å². The van der Waals surface area contributed by atoms with Crippen LogP contribution >= 0.6 is 11.3 Å². The van der Waals surface area contributed by atoms with Crippen molar-refractivity contribution < 1.29 is 0 Å². The van der Waals surface area contributed by atoms with Crippen LogP contribution in [0.4, 0.5) is 0 Å². The third-order valence-corrected chi connectivity index (χ3v) is 11.6. The number of thiophene rings is 1. The van der Waals surface area contributed by atoms with E-state index in [4.69, 9.17) is 0 Å². The van der Waals surface area contributed by atoms with Gasteiger partial charge in [-0.1, -0.05) is 115 Å². The van der Waals surface area contributed by atoms with Gasteiger partial charge in [0.05, 0.1) is 22.1 Å². The Morgan fingerprint density at radius 1 is 0.314 bits per heavy atom. The van der Waals surface area contributed by atoms with Crippen molar-refractivity contribution in [2.75, 3.05) is 0 Å². The molecule has 3 aromatic heterocycles. The summed E-state index contributed by atoms with van der Waals surface area (Å²) in [5.74, 6) is 0. The monoisotopic (exact) mass is 666 g/mol. The number of rotatable bonds is 4. The fourth-order valence-corrected chi connectivity index (χ4v) is 9.40. The maximum absolute atomic E-state index is 2.45. The van der Waals surface area contributed by atoms with Crippen molar-refractivity contribution in [3.63, 3.8) is 0 Å². The van der Waals surface area contributed by atoms with Crippen molar-refractivity contribution >= 4 is 75.1 Å². The van der Waals surface area contributed by atoms with E-state index in [0.29, 0.717) is 0 Å². The van der Waals surface area contributed by atoms with Crippen LogP contribution in [0.25, 0.3) is 97.4 Å². The first-order valence-corrected chi connectivity index (χ1v) is 18.3. The fourth-order valence-electron chi connectivity index (χ4n) is 8.26. The van der Waals surface area contributed by atoms with Crippen LogP contribution in [0.3, 0.4) is 0 Å². The average Bonchev–Trinajstić information content (AvgIpc) is 3.85. The Morgan fingerprint density at radius 3 is 1.75 bits per heavy atom. The van der Waals surface area contributed by atoms with Gasteiger partial charge in [0, 0.05) is 53.1 Å². The van der Waals surface area contributed by atoms with Crippen molar-refractivity contribution in [3.05, 3.63) is 182 Å². The lowest BCUT2D eigenvalue weighted by atomic mass is 9.99. The highest BCUT2D eigenvalue weighted by molar-refractivity contribution is 7.25. The SMILES string of the molecule is c1ccc(-n2c3ccccc3c3cc(-c4ccc5c6ccccc6n(-c6cccc(-c7cccc8sc9ccccc9c78)c6)c5c4)ccc32)cc1. The maximum Gasteiger partial charge on any atom is 0.0547 e. The highest BCUT2D eigenvalue weighted by atomic mass is 32.1. The zero-order valence-electron chi connectivity index (χ0n) is 27.6. The van der Waals surface area contributed by atoms with E-state index in [1.807, 2.05) is 11.3 Å². The molecule has 3 heterocycles. The van der Waals surface area contributed by atoms with E-state index >= 15 is 0 Å². The number of hydrogen-bond donors (Lipinski definition) is 0. The van der Waals surface area contributed by atoms with E-state index in [2.05, 4.69) is 191 Å². The predicted octanol–water partition coefficient (Wildman–Crippen LogP) is 13.6. The molecule has 0 saturated carbocycles. The molecule has 3 heteroatoms. The summed E-state index contributed by atoms with van der Waals surface area (Å²) < 4.78 is 7.48. The molecule has 0 unspecified atom stereocenters. The average molecular weight is 667 g/mol. The lowest BCUT2D eigenvalue weighted by Crippen LogP contribution is -1.95. The summed E-state index contributed by atoms with van der Waals surface area (Å²) in [4.78, 5) is 0. The van der Waals surface area contributed by atoms with E-state index < -0.39 is 0 Å². The van der Waals surface area contributed by atoms with Crippen molar-refractivity contribution in [2.45, 2.75) is 0 Å². The molecule has 0 saturated heterocycles. The van der Waals surface area contributed by atoms with E-state index in [0.717, 1.165) is 5.69 Å². The highest BCUT2D eigenvalue weighted by Gasteiger charge is 2.17. The number of hydrogen-bond acceptors (Lipinski definition) is 1. The number of nitrogens with zero attached hydrogens (tertiary/aromatic N) is 2. The van der Waals surface area contributed by atoms with Gasteiger partial charge >= 0.3 is 0 Å². The van der Waals surface area contributed by atoms with Crippen LogP contribution in [0.5, 0.6) is 0 Å². The molecule has 8 aromatic carbocycles. The normalized spacial score (nSPS) is 11.9. The van der Waals surface area contributed by atoms with Crippen LogP contribution in [-0.4, -0.2) is 9.13 Å². The molecular weight excluding hydrogens is 637 g/mol. The largest absolute Gasteiger partial charge is 0.309 e. The molecule has 11 aromatic rings. The van der Waals surface area contributed by atoms with E-state index in [1.54, 1.807) is 0 Å². The summed E-state index contributed by atoms with van der Waals surface area (Å²) in [5, 5.41) is 7.70. The first kappa shape index (κ1) is 28.4. The third-order valence-electron chi connectivity index (χ3n) is 10.5. The lowest BCUT2D eigenvalue weighted by molar-refractivity contribution is 1.18. The highest BCUT2D eigenvalue weighted by Crippen LogP contribution is 2.42. The van der Waals surface area contributed by atoms with Crippen molar-refractivity contribution in [3.8, 4) is 33.6 Å². The molecule has 0 aliphatic heterocycles. The van der Waals surface area contributed by atoms with E-state index in [1.165, 1.54) is 91.7 Å². The second-order valence-electron chi connectivity index (χ2n) is 13.3. The van der Waals surface area contributed by atoms with Crippen LogP contribution in [0.15, 0.2) is 182 Å². The van der Waals surface area contributed by atoms with Crippen LogP contribution < -0.4 is 0 Å². The predicted molar refractivity (Wildman–Crippen MR) is 219 cm³/mol. The number of aromatic nitrogens is 2. The summed E-state index contributed by atoms with van der Waals surface area (Å²) in [6, 6.07) is 66.7. The molecule has 238 valence electrons. The summed E-state index contributed by atoms with van der Waals surface area (Å²) in [6.45, 7) is 0. The quantitative estimate of drug-likeness (QED) is 0.177. The van der Waals surface area contributed by atoms with Gasteiger partial charge in [-0.25, -0.2) is 0 Å². The fraction of sp³-hybridized carbons (Fsp3) is 0. The van der Waals surface area contributed by atoms with Crippen LogP contribution in [0, 0.1) is 0 Å². The van der Waals surface area contributed by atoms with Crippen LogP contribution in [0.2, 0.25) is 0 Å². The van der Waals surface area contributed by atoms with Gasteiger partial charge in [0.25, 0.3) is 0 Å². The summed E-state index contributed by atoms with van der Waals surface area (Å²) in [6.07, 6.45) is 0. The van der Waals surface area contributed by atoms with Gasteiger partial charge in [-0.2, -0.15) is 0 Å².